The third kappa shape index (κ3) is 4.28. The van der Waals surface area contributed by atoms with Crippen LogP contribution in [0.3, 0.4) is 0 Å². The zero-order valence-corrected chi connectivity index (χ0v) is 14.0. The van der Waals surface area contributed by atoms with Crippen LogP contribution in [-0.4, -0.2) is 32.2 Å². The lowest BCUT2D eigenvalue weighted by molar-refractivity contribution is -0.112. The van der Waals surface area contributed by atoms with Gasteiger partial charge in [-0.25, -0.2) is 0 Å². The third-order valence-corrected chi connectivity index (χ3v) is 3.90. The highest BCUT2D eigenvalue weighted by atomic mass is 16.5. The fourth-order valence-electron chi connectivity index (χ4n) is 2.50. The van der Waals surface area contributed by atoms with E-state index in [1.807, 2.05) is 31.2 Å². The molecule has 0 bridgehead atoms. The second kappa shape index (κ2) is 7.69. The van der Waals surface area contributed by atoms with Crippen LogP contribution in [0.4, 0.5) is 11.6 Å². The lowest BCUT2D eigenvalue weighted by Gasteiger charge is -2.26. The molecule has 1 aliphatic heterocycles. The molecular weight excluding hydrogens is 318 g/mol. The summed E-state index contributed by atoms with van der Waals surface area (Å²) in [5.41, 5.74) is 1.73. The zero-order valence-electron chi connectivity index (χ0n) is 14.0. The highest BCUT2D eigenvalue weighted by molar-refractivity contribution is 6.09. The van der Waals surface area contributed by atoms with Crippen molar-refractivity contribution >= 4 is 23.6 Å². The quantitative estimate of drug-likeness (QED) is 0.685. The summed E-state index contributed by atoms with van der Waals surface area (Å²) in [6.45, 7) is 4.81. The van der Waals surface area contributed by atoms with Gasteiger partial charge in [0.15, 0.2) is 5.88 Å². The van der Waals surface area contributed by atoms with Crippen LogP contribution in [-0.2, 0) is 9.53 Å². The normalized spacial score (nSPS) is 14.9. The van der Waals surface area contributed by atoms with Crippen molar-refractivity contribution in [3.05, 3.63) is 53.3 Å². The van der Waals surface area contributed by atoms with Gasteiger partial charge in [0.25, 0.3) is 5.91 Å². The first-order valence-corrected chi connectivity index (χ1v) is 8.08. The van der Waals surface area contributed by atoms with E-state index in [1.54, 1.807) is 18.2 Å². The largest absolute Gasteiger partial charge is 0.441 e. The number of nitrogens with one attached hydrogen (secondary N) is 1. The predicted octanol–water partition coefficient (Wildman–Crippen LogP) is 2.97. The van der Waals surface area contributed by atoms with Crippen LogP contribution < -0.4 is 10.2 Å². The van der Waals surface area contributed by atoms with Crippen LogP contribution in [0.5, 0.6) is 0 Å². The molecule has 6 nitrogen and oxygen atoms in total. The van der Waals surface area contributed by atoms with Gasteiger partial charge < -0.3 is 19.4 Å². The second-order valence-electron chi connectivity index (χ2n) is 5.77. The molecule has 128 valence electrons. The second-order valence-corrected chi connectivity index (χ2v) is 5.77. The summed E-state index contributed by atoms with van der Waals surface area (Å²) in [6, 6.07) is 12.9. The first-order chi connectivity index (χ1) is 12.2. The molecule has 0 atom stereocenters. The van der Waals surface area contributed by atoms with Crippen molar-refractivity contribution in [2.24, 2.45) is 0 Å². The van der Waals surface area contributed by atoms with Gasteiger partial charge in [0.1, 0.15) is 17.4 Å². The molecule has 1 aromatic carbocycles. The molecule has 3 rings (SSSR count). The fourth-order valence-corrected chi connectivity index (χ4v) is 2.50. The van der Waals surface area contributed by atoms with Crippen LogP contribution in [0, 0.1) is 18.3 Å². The van der Waals surface area contributed by atoms with Crippen molar-refractivity contribution in [2.45, 2.75) is 6.92 Å². The maximum atomic E-state index is 12.3. The third-order valence-electron chi connectivity index (χ3n) is 3.90. The topological polar surface area (TPSA) is 78.5 Å². The van der Waals surface area contributed by atoms with Crippen molar-refractivity contribution in [3.8, 4) is 6.07 Å². The molecule has 1 fully saturated rings. The van der Waals surface area contributed by atoms with Gasteiger partial charge in [0.2, 0.25) is 0 Å². The van der Waals surface area contributed by atoms with Gasteiger partial charge in [0.05, 0.1) is 13.2 Å². The minimum atomic E-state index is -0.462. The van der Waals surface area contributed by atoms with E-state index in [1.165, 1.54) is 6.08 Å². The van der Waals surface area contributed by atoms with E-state index in [0.29, 0.717) is 30.5 Å². The van der Waals surface area contributed by atoms with Crippen molar-refractivity contribution < 1.29 is 13.9 Å². The highest BCUT2D eigenvalue weighted by Gasteiger charge is 2.15. The summed E-state index contributed by atoms with van der Waals surface area (Å²) < 4.78 is 11.0. The number of anilines is 2. The Balaban J connectivity index is 1.71. The molecule has 25 heavy (non-hydrogen) atoms. The van der Waals surface area contributed by atoms with Crippen molar-refractivity contribution in [1.82, 2.24) is 0 Å². The van der Waals surface area contributed by atoms with E-state index < -0.39 is 5.91 Å². The Kier molecular flexibility index (Phi) is 5.17. The summed E-state index contributed by atoms with van der Waals surface area (Å²) in [4.78, 5) is 14.3. The molecule has 2 aromatic rings. The zero-order chi connectivity index (χ0) is 17.6. The fraction of sp³-hybridized carbons (Fsp3) is 0.263. The summed E-state index contributed by atoms with van der Waals surface area (Å²) in [6.07, 6.45) is 1.45. The highest BCUT2D eigenvalue weighted by Crippen LogP contribution is 2.21. The molecule has 0 unspecified atom stereocenters. The summed E-state index contributed by atoms with van der Waals surface area (Å²) in [5.74, 6) is 0.721. The number of nitriles is 1. The first-order valence-electron chi connectivity index (χ1n) is 8.08. The van der Waals surface area contributed by atoms with Gasteiger partial charge in [-0.15, -0.1) is 0 Å². The Bertz CT molecular complexity index is 809. The maximum absolute atomic E-state index is 12.3. The van der Waals surface area contributed by atoms with Crippen LogP contribution in [0.25, 0.3) is 6.08 Å². The molecule has 0 saturated carbocycles. The maximum Gasteiger partial charge on any atom is 0.266 e. The minimum absolute atomic E-state index is 0.0107. The summed E-state index contributed by atoms with van der Waals surface area (Å²) >= 11 is 0. The molecule has 1 aliphatic rings. The SMILES string of the molecule is Cc1ccc(NC(=O)/C(C#N)=C/c2ccc(N3CCOCC3)o2)cc1. The van der Waals surface area contributed by atoms with E-state index >= 15 is 0 Å². The number of hydrogen-bond acceptors (Lipinski definition) is 5. The average molecular weight is 337 g/mol. The number of rotatable bonds is 4. The molecule has 0 aliphatic carbocycles. The first kappa shape index (κ1) is 16.8. The molecular formula is C19H19N3O3. The van der Waals surface area contributed by atoms with Crippen LogP contribution in [0.15, 0.2) is 46.4 Å². The molecule has 0 radical (unpaired) electrons. The molecule has 1 N–H and O–H groups in total. The smallest absolute Gasteiger partial charge is 0.266 e. The van der Waals surface area contributed by atoms with Crippen molar-refractivity contribution in [1.29, 1.82) is 5.26 Å². The molecule has 1 saturated heterocycles. The predicted molar refractivity (Wildman–Crippen MR) is 95.1 cm³/mol. The lowest BCUT2D eigenvalue weighted by Crippen LogP contribution is -2.35. The van der Waals surface area contributed by atoms with Gasteiger partial charge in [0, 0.05) is 30.9 Å². The standard InChI is InChI=1S/C19H19N3O3/c1-14-2-4-16(5-3-14)21-19(23)15(13-20)12-17-6-7-18(25-17)22-8-10-24-11-9-22/h2-7,12H,8-11H2,1H3,(H,21,23)/b15-12+. The Morgan fingerprint density at radius 3 is 2.60 bits per heavy atom. The van der Waals surface area contributed by atoms with Crippen LogP contribution in [0.1, 0.15) is 11.3 Å². The van der Waals surface area contributed by atoms with Crippen molar-refractivity contribution in [3.63, 3.8) is 0 Å². The number of aryl methyl sites for hydroxylation is 1. The number of carbonyl (C=O) groups excluding carboxylic acids is 1. The summed E-state index contributed by atoms with van der Waals surface area (Å²) in [5, 5.41) is 12.0. The number of furan rings is 1. The lowest BCUT2D eigenvalue weighted by atomic mass is 10.2. The van der Waals surface area contributed by atoms with E-state index in [-0.39, 0.29) is 5.57 Å². The number of ether oxygens (including phenoxy) is 1. The Hall–Kier alpha value is -3.04. The Morgan fingerprint density at radius 1 is 1.20 bits per heavy atom. The molecule has 6 heteroatoms. The van der Waals surface area contributed by atoms with Gasteiger partial charge in [-0.3, -0.25) is 4.79 Å². The number of amides is 1. The van der Waals surface area contributed by atoms with E-state index in [2.05, 4.69) is 10.2 Å². The van der Waals surface area contributed by atoms with E-state index in [4.69, 9.17) is 9.15 Å². The van der Waals surface area contributed by atoms with Gasteiger partial charge in [-0.2, -0.15) is 5.26 Å². The van der Waals surface area contributed by atoms with Crippen molar-refractivity contribution in [2.75, 3.05) is 36.5 Å². The van der Waals surface area contributed by atoms with Crippen LogP contribution >= 0.6 is 0 Å². The summed E-state index contributed by atoms with van der Waals surface area (Å²) in [7, 11) is 0. The number of hydrogen-bond donors (Lipinski definition) is 1. The number of nitrogens with zero attached hydrogens (tertiary/aromatic N) is 2. The number of carbonyl (C=O) groups is 1. The van der Waals surface area contributed by atoms with Gasteiger partial charge >= 0.3 is 0 Å². The monoisotopic (exact) mass is 337 g/mol. The van der Waals surface area contributed by atoms with Gasteiger partial charge in [-0.05, 0) is 25.1 Å². The van der Waals surface area contributed by atoms with E-state index in [9.17, 15) is 10.1 Å². The molecule has 1 aromatic heterocycles. The number of benzene rings is 1. The minimum Gasteiger partial charge on any atom is -0.441 e. The van der Waals surface area contributed by atoms with Crippen LogP contribution in [0.2, 0.25) is 0 Å². The molecule has 1 amide bonds. The number of morpholine rings is 1. The Labute approximate surface area is 146 Å². The average Bonchev–Trinajstić information content (AvgIpc) is 3.11. The Morgan fingerprint density at radius 2 is 1.92 bits per heavy atom. The van der Waals surface area contributed by atoms with E-state index in [0.717, 1.165) is 18.7 Å². The molecule has 2 heterocycles. The van der Waals surface area contributed by atoms with Gasteiger partial charge in [-0.1, -0.05) is 17.7 Å². The molecule has 0 spiro atoms.